The Kier molecular flexibility index (Phi) is 8.16. The van der Waals surface area contributed by atoms with Crippen LogP contribution in [0.15, 0.2) is 18.2 Å². The summed E-state index contributed by atoms with van der Waals surface area (Å²) in [4.78, 5) is 0. The van der Waals surface area contributed by atoms with Gasteiger partial charge in [-0.25, -0.2) is 0 Å². The molecule has 0 saturated heterocycles. The molecule has 0 amide bonds. The molecule has 0 aromatic heterocycles. The molecule has 82 valence electrons. The first-order valence-electron chi connectivity index (χ1n) is 4.18. The van der Waals surface area contributed by atoms with Gasteiger partial charge in [-0.1, -0.05) is 18.2 Å². The minimum Gasteiger partial charge on any atom is -0.329 e. The van der Waals surface area contributed by atoms with E-state index in [9.17, 15) is 0 Å². The smallest absolute Gasteiger partial charge is 0.0424 e. The zero-order valence-electron chi connectivity index (χ0n) is 8.49. The Morgan fingerprint density at radius 3 is 1.93 bits per heavy atom. The Labute approximate surface area is 97.9 Å². The van der Waals surface area contributed by atoms with Crippen molar-refractivity contribution < 1.29 is 0 Å². The normalized spacial score (nSPS) is 11.1. The lowest BCUT2D eigenvalue weighted by Crippen LogP contribution is -2.22. The molecule has 4 N–H and O–H groups in total. The lowest BCUT2D eigenvalue weighted by molar-refractivity contribution is 0.726. The third-order valence-corrected chi connectivity index (χ3v) is 2.17. The molecule has 0 unspecified atom stereocenters. The van der Waals surface area contributed by atoms with Crippen molar-refractivity contribution in [1.29, 1.82) is 0 Å². The maximum Gasteiger partial charge on any atom is 0.0424 e. The molecule has 4 heteroatoms. The zero-order valence-corrected chi connectivity index (χ0v) is 10.1. The lowest BCUT2D eigenvalue weighted by Gasteiger charge is -2.15. The van der Waals surface area contributed by atoms with Crippen molar-refractivity contribution in [3.63, 3.8) is 0 Å². The van der Waals surface area contributed by atoms with Gasteiger partial charge in [0.25, 0.3) is 0 Å². The Morgan fingerprint density at radius 2 is 1.57 bits per heavy atom. The molecule has 0 spiro atoms. The first kappa shape index (κ1) is 16.2. The number of hydrogen-bond acceptors (Lipinski definition) is 2. The average Bonchev–Trinajstić information content (AvgIpc) is 2.03. The SMILES string of the molecule is Cc1cccc(C)c1[C@@H](N)CN.Cl.Cl. The van der Waals surface area contributed by atoms with Crippen molar-refractivity contribution in [3.8, 4) is 0 Å². The summed E-state index contributed by atoms with van der Waals surface area (Å²) in [6, 6.07) is 6.15. The molecule has 1 rings (SSSR count). The van der Waals surface area contributed by atoms with Crippen LogP contribution >= 0.6 is 24.8 Å². The monoisotopic (exact) mass is 236 g/mol. The number of nitrogens with two attached hydrogens (primary N) is 2. The molecule has 0 fully saturated rings. The zero-order chi connectivity index (χ0) is 9.14. The summed E-state index contributed by atoms with van der Waals surface area (Å²) in [6.45, 7) is 4.64. The van der Waals surface area contributed by atoms with Crippen LogP contribution in [0.4, 0.5) is 0 Å². The summed E-state index contributed by atoms with van der Waals surface area (Å²) in [5.74, 6) is 0. The highest BCUT2D eigenvalue weighted by atomic mass is 35.5. The van der Waals surface area contributed by atoms with Crippen molar-refractivity contribution in [1.82, 2.24) is 0 Å². The highest BCUT2D eigenvalue weighted by Gasteiger charge is 2.08. The van der Waals surface area contributed by atoms with Gasteiger partial charge in [0.1, 0.15) is 0 Å². The summed E-state index contributed by atoms with van der Waals surface area (Å²) in [5.41, 5.74) is 15.0. The van der Waals surface area contributed by atoms with E-state index in [0.717, 1.165) is 0 Å². The highest BCUT2D eigenvalue weighted by molar-refractivity contribution is 5.85. The fourth-order valence-electron chi connectivity index (χ4n) is 1.53. The summed E-state index contributed by atoms with van der Waals surface area (Å²) < 4.78 is 0. The predicted molar refractivity (Wildman–Crippen MR) is 66.4 cm³/mol. The second-order valence-electron chi connectivity index (χ2n) is 3.15. The molecule has 1 aromatic rings. The van der Waals surface area contributed by atoms with Gasteiger partial charge in [0, 0.05) is 12.6 Å². The minimum atomic E-state index is -0.0220. The maximum absolute atomic E-state index is 5.87. The number of rotatable bonds is 2. The summed E-state index contributed by atoms with van der Waals surface area (Å²) >= 11 is 0. The van der Waals surface area contributed by atoms with Crippen LogP contribution in [0.5, 0.6) is 0 Å². The fourth-order valence-corrected chi connectivity index (χ4v) is 1.53. The predicted octanol–water partition coefficient (Wildman–Crippen LogP) is 2.11. The number of benzene rings is 1. The molecule has 1 aromatic carbocycles. The quantitative estimate of drug-likeness (QED) is 0.827. The second-order valence-corrected chi connectivity index (χ2v) is 3.15. The van der Waals surface area contributed by atoms with Gasteiger partial charge < -0.3 is 11.5 Å². The van der Waals surface area contributed by atoms with Crippen LogP contribution in [-0.2, 0) is 0 Å². The molecule has 0 heterocycles. The Morgan fingerprint density at radius 1 is 1.14 bits per heavy atom. The van der Waals surface area contributed by atoms with Crippen molar-refractivity contribution in [2.75, 3.05) is 6.54 Å². The van der Waals surface area contributed by atoms with Crippen LogP contribution < -0.4 is 11.5 Å². The molecular weight excluding hydrogens is 219 g/mol. The second kappa shape index (κ2) is 7.07. The van der Waals surface area contributed by atoms with Gasteiger partial charge in [-0.05, 0) is 30.5 Å². The van der Waals surface area contributed by atoms with Crippen molar-refractivity contribution in [2.24, 2.45) is 11.5 Å². The van der Waals surface area contributed by atoms with Crippen LogP contribution in [-0.4, -0.2) is 6.54 Å². The number of aryl methyl sites for hydroxylation is 2. The topological polar surface area (TPSA) is 52.0 Å². The number of halogens is 2. The van der Waals surface area contributed by atoms with Crippen LogP contribution in [0, 0.1) is 13.8 Å². The van der Waals surface area contributed by atoms with Gasteiger partial charge in [-0.2, -0.15) is 0 Å². The van der Waals surface area contributed by atoms with Gasteiger partial charge in [0.05, 0.1) is 0 Å². The van der Waals surface area contributed by atoms with Crippen LogP contribution in [0.2, 0.25) is 0 Å². The molecule has 0 aliphatic rings. The molecule has 0 saturated carbocycles. The van der Waals surface area contributed by atoms with E-state index in [1.807, 2.05) is 6.07 Å². The average molecular weight is 237 g/mol. The molecular formula is C10H18Cl2N2. The van der Waals surface area contributed by atoms with E-state index >= 15 is 0 Å². The lowest BCUT2D eigenvalue weighted by atomic mass is 9.97. The van der Waals surface area contributed by atoms with Crippen LogP contribution in [0.1, 0.15) is 22.7 Å². The molecule has 0 aliphatic heterocycles. The van der Waals surface area contributed by atoms with Crippen molar-refractivity contribution in [2.45, 2.75) is 19.9 Å². The van der Waals surface area contributed by atoms with Crippen molar-refractivity contribution in [3.05, 3.63) is 34.9 Å². The molecule has 1 atom stereocenters. The fraction of sp³-hybridized carbons (Fsp3) is 0.400. The largest absolute Gasteiger partial charge is 0.329 e. The molecule has 0 aliphatic carbocycles. The van der Waals surface area contributed by atoms with E-state index in [1.165, 1.54) is 16.7 Å². The standard InChI is InChI=1S/C10H16N2.2ClH/c1-7-4-3-5-8(2)10(7)9(12)6-11;;/h3-5,9H,6,11-12H2,1-2H3;2*1H/t9-;;/m0../s1. The molecule has 0 radical (unpaired) electrons. The summed E-state index contributed by atoms with van der Waals surface area (Å²) in [5, 5.41) is 0. The molecule has 0 bridgehead atoms. The van der Waals surface area contributed by atoms with Crippen LogP contribution in [0.3, 0.4) is 0 Å². The van der Waals surface area contributed by atoms with Crippen molar-refractivity contribution >= 4 is 24.8 Å². The van der Waals surface area contributed by atoms with E-state index < -0.39 is 0 Å². The van der Waals surface area contributed by atoms with Gasteiger partial charge in [0.15, 0.2) is 0 Å². The van der Waals surface area contributed by atoms with E-state index in [2.05, 4.69) is 26.0 Å². The molecule has 14 heavy (non-hydrogen) atoms. The molecule has 2 nitrogen and oxygen atoms in total. The Balaban J connectivity index is 0. The van der Waals surface area contributed by atoms with Gasteiger partial charge in [-0.3, -0.25) is 0 Å². The van der Waals surface area contributed by atoms with E-state index in [4.69, 9.17) is 11.5 Å². The van der Waals surface area contributed by atoms with Gasteiger partial charge >= 0.3 is 0 Å². The van der Waals surface area contributed by atoms with E-state index in [1.54, 1.807) is 0 Å². The third-order valence-electron chi connectivity index (χ3n) is 2.17. The first-order valence-corrected chi connectivity index (χ1v) is 4.18. The summed E-state index contributed by atoms with van der Waals surface area (Å²) in [7, 11) is 0. The maximum atomic E-state index is 5.87. The van der Waals surface area contributed by atoms with Crippen LogP contribution in [0.25, 0.3) is 0 Å². The summed E-state index contributed by atoms with van der Waals surface area (Å²) in [6.07, 6.45) is 0. The number of hydrogen-bond donors (Lipinski definition) is 2. The minimum absolute atomic E-state index is 0. The highest BCUT2D eigenvalue weighted by Crippen LogP contribution is 2.18. The van der Waals surface area contributed by atoms with E-state index in [0.29, 0.717) is 6.54 Å². The van der Waals surface area contributed by atoms with Gasteiger partial charge in [0.2, 0.25) is 0 Å². The Hall–Kier alpha value is -0.280. The Bertz CT molecular complexity index is 257. The third kappa shape index (κ3) is 3.46. The van der Waals surface area contributed by atoms with E-state index in [-0.39, 0.29) is 30.9 Å². The first-order chi connectivity index (χ1) is 5.66. The van der Waals surface area contributed by atoms with Gasteiger partial charge in [-0.15, -0.1) is 24.8 Å².